The third-order valence-electron chi connectivity index (χ3n) is 2.70. The summed E-state index contributed by atoms with van der Waals surface area (Å²) in [5.41, 5.74) is 0.0953. The van der Waals surface area contributed by atoms with Crippen molar-refractivity contribution in [2.24, 2.45) is 0 Å². The topological polar surface area (TPSA) is 113 Å². The smallest absolute Gasteiger partial charge is 0.293 e. The third kappa shape index (κ3) is 3.44. The average Bonchev–Trinajstić information content (AvgIpc) is 2.45. The molecule has 0 aliphatic carbocycles. The Hall–Kier alpha value is -2.64. The van der Waals surface area contributed by atoms with E-state index < -0.39 is 16.9 Å². The van der Waals surface area contributed by atoms with Crippen LogP contribution in [0.2, 0.25) is 0 Å². The molecule has 0 heterocycles. The van der Waals surface area contributed by atoms with Gasteiger partial charge in [0.15, 0.2) is 0 Å². The van der Waals surface area contributed by atoms with Crippen molar-refractivity contribution >= 4 is 23.2 Å². The number of nitro benzene ring substituents is 1. The summed E-state index contributed by atoms with van der Waals surface area (Å²) in [7, 11) is 2.91. The Labute approximate surface area is 115 Å². The Kier molecular flexibility index (Phi) is 5.01. The van der Waals surface area contributed by atoms with Crippen LogP contribution in [-0.2, 0) is 4.79 Å². The molecule has 0 aromatic heterocycles. The number of nitro groups is 1. The van der Waals surface area contributed by atoms with Gasteiger partial charge >= 0.3 is 0 Å². The lowest BCUT2D eigenvalue weighted by atomic mass is 10.1. The molecule has 20 heavy (non-hydrogen) atoms. The number of amides is 2. The number of hydrogen-bond acceptors (Lipinski definition) is 5. The van der Waals surface area contributed by atoms with Gasteiger partial charge in [0.25, 0.3) is 11.6 Å². The van der Waals surface area contributed by atoms with E-state index in [0.717, 1.165) is 6.07 Å². The standard InChI is InChI=1S/C12H16N4O4/c1-7(11(17)13-2)15-9-5-4-8(12(18)14-3)6-10(9)16(19)20/h4-7,15H,1-3H3,(H,13,17)(H,14,18). The van der Waals surface area contributed by atoms with Crippen molar-refractivity contribution in [2.75, 3.05) is 19.4 Å². The second-order valence-corrected chi connectivity index (χ2v) is 4.05. The Morgan fingerprint density at radius 3 is 2.40 bits per heavy atom. The van der Waals surface area contributed by atoms with Crippen LogP contribution in [0.5, 0.6) is 0 Å². The summed E-state index contributed by atoms with van der Waals surface area (Å²) >= 11 is 0. The number of nitrogens with one attached hydrogen (secondary N) is 3. The monoisotopic (exact) mass is 280 g/mol. The second kappa shape index (κ2) is 6.50. The SMILES string of the molecule is CNC(=O)c1ccc(NC(C)C(=O)NC)c([N+](=O)[O-])c1. The zero-order chi connectivity index (χ0) is 15.3. The van der Waals surface area contributed by atoms with Crippen LogP contribution in [0.3, 0.4) is 0 Å². The minimum Gasteiger partial charge on any atom is -0.368 e. The van der Waals surface area contributed by atoms with E-state index in [-0.39, 0.29) is 22.8 Å². The lowest BCUT2D eigenvalue weighted by Crippen LogP contribution is -2.35. The number of hydrogen-bond donors (Lipinski definition) is 3. The van der Waals surface area contributed by atoms with Crippen molar-refractivity contribution < 1.29 is 14.5 Å². The van der Waals surface area contributed by atoms with E-state index in [1.165, 1.54) is 26.2 Å². The van der Waals surface area contributed by atoms with E-state index in [4.69, 9.17) is 0 Å². The second-order valence-electron chi connectivity index (χ2n) is 4.05. The first kappa shape index (κ1) is 15.4. The summed E-state index contributed by atoms with van der Waals surface area (Å²) in [5.74, 6) is -0.714. The van der Waals surface area contributed by atoms with Crippen LogP contribution >= 0.6 is 0 Å². The van der Waals surface area contributed by atoms with Crippen LogP contribution in [-0.4, -0.2) is 36.9 Å². The maximum atomic E-state index is 11.5. The molecule has 0 aliphatic heterocycles. The number of likely N-dealkylation sites (N-methyl/N-ethyl adjacent to an activating group) is 1. The molecule has 0 radical (unpaired) electrons. The van der Waals surface area contributed by atoms with E-state index in [1.807, 2.05) is 0 Å². The predicted octanol–water partition coefficient (Wildman–Crippen LogP) is 0.501. The minimum atomic E-state index is -0.635. The summed E-state index contributed by atoms with van der Waals surface area (Å²) in [6.45, 7) is 1.58. The lowest BCUT2D eigenvalue weighted by molar-refractivity contribution is -0.384. The van der Waals surface area contributed by atoms with Crippen molar-refractivity contribution in [2.45, 2.75) is 13.0 Å². The molecule has 108 valence electrons. The van der Waals surface area contributed by atoms with Gasteiger partial charge in [-0.3, -0.25) is 19.7 Å². The molecule has 1 unspecified atom stereocenters. The summed E-state index contributed by atoms with van der Waals surface area (Å²) in [4.78, 5) is 33.3. The maximum Gasteiger partial charge on any atom is 0.293 e. The Morgan fingerprint density at radius 1 is 1.25 bits per heavy atom. The molecular weight excluding hydrogens is 264 g/mol. The fourth-order valence-corrected chi connectivity index (χ4v) is 1.61. The molecule has 1 rings (SSSR count). The zero-order valence-electron chi connectivity index (χ0n) is 11.4. The van der Waals surface area contributed by atoms with Crippen LogP contribution in [0.1, 0.15) is 17.3 Å². The summed E-state index contributed by atoms with van der Waals surface area (Å²) in [6, 6.07) is 3.38. The summed E-state index contributed by atoms with van der Waals surface area (Å²) < 4.78 is 0. The molecule has 2 amide bonds. The molecular formula is C12H16N4O4. The van der Waals surface area contributed by atoms with Crippen molar-refractivity contribution in [1.29, 1.82) is 0 Å². The maximum absolute atomic E-state index is 11.5. The van der Waals surface area contributed by atoms with E-state index in [0.29, 0.717) is 0 Å². The van der Waals surface area contributed by atoms with Crippen molar-refractivity contribution in [3.05, 3.63) is 33.9 Å². The molecule has 0 spiro atoms. The molecule has 0 saturated heterocycles. The number of carbonyl (C=O) groups is 2. The summed E-state index contributed by atoms with van der Waals surface area (Å²) in [6.07, 6.45) is 0. The summed E-state index contributed by atoms with van der Waals surface area (Å²) in [5, 5.41) is 18.6. The first-order valence-electron chi connectivity index (χ1n) is 5.89. The molecule has 1 atom stereocenters. The molecule has 1 aromatic rings. The van der Waals surface area contributed by atoms with Crippen LogP contribution in [0.15, 0.2) is 18.2 Å². The molecule has 8 nitrogen and oxygen atoms in total. The molecule has 0 aliphatic rings. The van der Waals surface area contributed by atoms with Gasteiger partial charge in [0.1, 0.15) is 11.7 Å². The number of benzene rings is 1. The average molecular weight is 280 g/mol. The Bertz CT molecular complexity index is 544. The highest BCUT2D eigenvalue weighted by Crippen LogP contribution is 2.26. The predicted molar refractivity (Wildman–Crippen MR) is 73.6 cm³/mol. The lowest BCUT2D eigenvalue weighted by Gasteiger charge is -2.14. The van der Waals surface area contributed by atoms with Gasteiger partial charge in [0.05, 0.1) is 4.92 Å². The van der Waals surface area contributed by atoms with Gasteiger partial charge in [-0.1, -0.05) is 0 Å². The van der Waals surface area contributed by atoms with Crippen molar-refractivity contribution in [1.82, 2.24) is 10.6 Å². The fraction of sp³-hybridized carbons (Fsp3) is 0.333. The molecule has 3 N–H and O–H groups in total. The first-order chi connectivity index (χ1) is 9.40. The molecule has 0 bridgehead atoms. The van der Waals surface area contributed by atoms with Gasteiger partial charge in [-0.25, -0.2) is 0 Å². The number of nitrogens with zero attached hydrogens (tertiary/aromatic N) is 1. The van der Waals surface area contributed by atoms with Crippen molar-refractivity contribution in [3.63, 3.8) is 0 Å². The zero-order valence-corrected chi connectivity index (χ0v) is 11.4. The Morgan fingerprint density at radius 2 is 1.90 bits per heavy atom. The number of rotatable bonds is 5. The van der Waals surface area contributed by atoms with Gasteiger partial charge < -0.3 is 16.0 Å². The van der Waals surface area contributed by atoms with Gasteiger partial charge in [-0.15, -0.1) is 0 Å². The van der Waals surface area contributed by atoms with Gasteiger partial charge in [-0.05, 0) is 19.1 Å². The fourth-order valence-electron chi connectivity index (χ4n) is 1.61. The van der Waals surface area contributed by atoms with Gasteiger partial charge in [0, 0.05) is 25.7 Å². The quantitative estimate of drug-likeness (QED) is 0.537. The third-order valence-corrected chi connectivity index (χ3v) is 2.70. The van der Waals surface area contributed by atoms with E-state index in [2.05, 4.69) is 16.0 Å². The number of carbonyl (C=O) groups excluding carboxylic acids is 2. The molecule has 1 aromatic carbocycles. The van der Waals surface area contributed by atoms with Crippen LogP contribution in [0, 0.1) is 10.1 Å². The highest BCUT2D eigenvalue weighted by atomic mass is 16.6. The van der Waals surface area contributed by atoms with E-state index in [1.54, 1.807) is 6.92 Å². The van der Waals surface area contributed by atoms with Crippen molar-refractivity contribution in [3.8, 4) is 0 Å². The van der Waals surface area contributed by atoms with E-state index >= 15 is 0 Å². The highest BCUT2D eigenvalue weighted by molar-refractivity contribution is 5.95. The molecule has 0 saturated carbocycles. The first-order valence-corrected chi connectivity index (χ1v) is 5.89. The van der Waals surface area contributed by atoms with Crippen LogP contribution in [0.25, 0.3) is 0 Å². The van der Waals surface area contributed by atoms with Crippen LogP contribution < -0.4 is 16.0 Å². The van der Waals surface area contributed by atoms with Gasteiger partial charge in [-0.2, -0.15) is 0 Å². The number of anilines is 1. The van der Waals surface area contributed by atoms with E-state index in [9.17, 15) is 19.7 Å². The molecule has 0 fully saturated rings. The highest BCUT2D eigenvalue weighted by Gasteiger charge is 2.20. The largest absolute Gasteiger partial charge is 0.368 e. The molecule has 8 heteroatoms. The van der Waals surface area contributed by atoms with Gasteiger partial charge in [0.2, 0.25) is 5.91 Å². The van der Waals surface area contributed by atoms with Crippen LogP contribution in [0.4, 0.5) is 11.4 Å². The normalized spacial score (nSPS) is 11.3. The Balaban J connectivity index is 3.11. The minimum absolute atomic E-state index is 0.178.